The Morgan fingerprint density at radius 3 is 1.79 bits per heavy atom. The Morgan fingerprint density at radius 2 is 1.19 bits per heavy atom. The first-order valence-electron chi connectivity index (χ1n) is 40.0. The zero-order valence-corrected chi connectivity index (χ0v) is 66.4. The van der Waals surface area contributed by atoms with E-state index in [0.717, 1.165) is 27.5 Å². The molecule has 11 atom stereocenters. The monoisotopic (exact) mass is 1570 g/mol. The van der Waals surface area contributed by atoms with Gasteiger partial charge >= 0.3 is 12.4 Å². The minimum Gasteiger partial charge on any atom is -0.378 e. The lowest BCUT2D eigenvalue weighted by Gasteiger charge is -2.42. The quantitative estimate of drug-likeness (QED) is 0.121. The number of carbonyl (C=O) groups is 12. The van der Waals surface area contributed by atoms with Crippen LogP contribution >= 0.6 is 11.6 Å². The summed E-state index contributed by atoms with van der Waals surface area (Å²) in [7, 11) is 8.32. The molecule has 3 heterocycles. The molecule has 3 unspecified atom stereocenters. The van der Waals surface area contributed by atoms with E-state index in [1.54, 1.807) is 13.8 Å². The first-order valence-corrected chi connectivity index (χ1v) is 40.5. The largest absolute Gasteiger partial charge is 0.393 e. The van der Waals surface area contributed by atoms with Crippen LogP contribution in [0.5, 0.6) is 0 Å². The maximum Gasteiger partial charge on any atom is 0.393 e. The van der Waals surface area contributed by atoms with Gasteiger partial charge in [-0.25, -0.2) is 0 Å². The number of carbonyl (C=O) groups excluding carboxylic acids is 12. The summed E-state index contributed by atoms with van der Waals surface area (Å²) in [5, 5.41) is 7.48. The number of hydrogen-bond donors (Lipinski definition) is 3. The average Bonchev–Trinajstić information content (AvgIpc) is 1.67. The standard InChI is InChI=1S/C77H121ClF6N12O13/c1-11-48(4)65-72(106)90(7)45-63(99)88(5)46-64(100)96(43-51-19-12-13-20-51)60(41-50-24-28-53(29-25-50)76(79,80)81)70(104)89(6)44-61(97)85-56(31-27-49-26-30-54(55(78)40-49)77(82,83)84)69(103)95-34-18-23-57(95)68(102)87-75(32-16-17-33-75)74(108)93(10)66(52-21-14-15-22-52)73(107)92(9)59(71(105)94-35-37-109-38-36-94)42-62(98)91(8)58(39-47(2)3)67(101)86-65/h47-60,65-66H,11-46H2,1-10H3,(H,85,97)(H,86,101)(H,87,102)/t48-,49?,50?,53?,54?,55?,56-,57-,58-,59-,60-,65-,66-/m0/s1. The van der Waals surface area contributed by atoms with Crippen LogP contribution < -0.4 is 16.0 Å². The van der Waals surface area contributed by atoms with Gasteiger partial charge in [-0.05, 0) is 158 Å². The third-order valence-electron chi connectivity index (χ3n) is 25.2. The summed E-state index contributed by atoms with van der Waals surface area (Å²) in [4.78, 5) is 193. The fraction of sp³-hybridized carbons (Fsp3) is 0.844. The summed E-state index contributed by atoms with van der Waals surface area (Å²) in [6, 6.07) is -9.26. The molecule has 616 valence electrons. The van der Waals surface area contributed by atoms with Gasteiger partial charge in [-0.2, -0.15) is 26.3 Å². The van der Waals surface area contributed by atoms with Crippen LogP contribution in [0, 0.1) is 47.3 Å². The average molecular weight is 1570 g/mol. The van der Waals surface area contributed by atoms with Crippen LogP contribution in [-0.2, 0) is 62.3 Å². The van der Waals surface area contributed by atoms with Crippen molar-refractivity contribution in [2.75, 3.05) is 101 Å². The fourth-order valence-electron chi connectivity index (χ4n) is 18.2. The summed E-state index contributed by atoms with van der Waals surface area (Å²) < 4.78 is 90.5. The minimum absolute atomic E-state index is 0.00745. The number of alkyl halides is 7. The van der Waals surface area contributed by atoms with E-state index in [1.807, 2.05) is 13.8 Å². The van der Waals surface area contributed by atoms with Gasteiger partial charge in [0.05, 0.1) is 51.1 Å². The topological polar surface area (TPSA) is 279 Å². The third-order valence-corrected chi connectivity index (χ3v) is 25.7. The lowest BCUT2D eigenvalue weighted by molar-refractivity contribution is -0.184. The number of rotatable bonds is 13. The Morgan fingerprint density at radius 1 is 0.587 bits per heavy atom. The van der Waals surface area contributed by atoms with Gasteiger partial charge in [0.1, 0.15) is 47.8 Å². The van der Waals surface area contributed by atoms with E-state index in [4.69, 9.17) is 16.3 Å². The first-order chi connectivity index (χ1) is 51.3. The molecule has 3 aliphatic heterocycles. The van der Waals surface area contributed by atoms with Gasteiger partial charge in [0.25, 0.3) is 0 Å². The second-order valence-electron chi connectivity index (χ2n) is 33.4. The van der Waals surface area contributed by atoms with E-state index < -0.39 is 198 Å². The van der Waals surface area contributed by atoms with Crippen LogP contribution in [0.4, 0.5) is 26.3 Å². The van der Waals surface area contributed by atoms with Gasteiger partial charge in [-0.1, -0.05) is 72.6 Å². The lowest BCUT2D eigenvalue weighted by Crippen LogP contribution is -2.65. The maximum absolute atomic E-state index is 15.8. The van der Waals surface area contributed by atoms with Gasteiger partial charge in [0.15, 0.2) is 0 Å². The molecule has 3 saturated heterocycles. The highest BCUT2D eigenvalue weighted by atomic mass is 35.5. The van der Waals surface area contributed by atoms with Gasteiger partial charge in [-0.3, -0.25) is 57.5 Å². The molecule has 8 aliphatic rings. The highest BCUT2D eigenvalue weighted by Gasteiger charge is 2.53. The fourth-order valence-corrected chi connectivity index (χ4v) is 18.8. The zero-order chi connectivity index (χ0) is 80.1. The summed E-state index contributed by atoms with van der Waals surface area (Å²) in [5.74, 6) is -14.0. The van der Waals surface area contributed by atoms with Crippen molar-refractivity contribution in [1.29, 1.82) is 0 Å². The lowest BCUT2D eigenvalue weighted by atomic mass is 9.78. The highest BCUT2D eigenvalue weighted by molar-refractivity contribution is 6.21. The molecule has 109 heavy (non-hydrogen) atoms. The third kappa shape index (κ3) is 22.5. The van der Waals surface area contributed by atoms with Crippen LogP contribution in [0.3, 0.4) is 0 Å². The molecular weight excluding hydrogens is 1450 g/mol. The SMILES string of the molecule is CC[C@H](C)[C@@H]1NC(=O)[C@H](CC(C)C)N(C)C(=O)C[C@@H](C(=O)N2CCOCC2)N(C)C(=O)[C@H](C2CCCC2)N(C)C(=O)C2(CCCC2)NC(=O)[C@@H]2CCCN2C(=O)[C@H](CCC2CCC(C(F)(F)F)C(Cl)C2)NC(=O)CN(C)C(=O)[C@H](CC2CCC(C(F)(F)F)CC2)N(CC2CCCC2)C(=O)CN(C)C(=O)CN(C)C1=O. The number of likely N-dealkylation sites (N-methyl/N-ethyl adjacent to an activating group) is 6. The number of fused-ring (bicyclic) bond motifs is 1. The molecule has 0 bridgehead atoms. The molecule has 5 saturated carbocycles. The van der Waals surface area contributed by atoms with Gasteiger partial charge in [-0.15, -0.1) is 11.6 Å². The Kier molecular flexibility index (Phi) is 31.3. The van der Waals surface area contributed by atoms with Crippen molar-refractivity contribution in [3.8, 4) is 0 Å². The highest BCUT2D eigenvalue weighted by Crippen LogP contribution is 2.45. The molecule has 0 aromatic heterocycles. The molecule has 3 N–H and O–H groups in total. The molecule has 8 rings (SSSR count). The van der Waals surface area contributed by atoms with Gasteiger partial charge < -0.3 is 64.8 Å². The normalized spacial score (nSPS) is 30.8. The molecule has 25 nitrogen and oxygen atoms in total. The van der Waals surface area contributed by atoms with Crippen LogP contribution in [0.25, 0.3) is 0 Å². The molecule has 32 heteroatoms. The molecule has 8 fully saturated rings. The van der Waals surface area contributed by atoms with E-state index in [-0.39, 0.29) is 141 Å². The number of amides is 12. The maximum atomic E-state index is 15.8. The second kappa shape index (κ2) is 38.8. The van der Waals surface area contributed by atoms with Gasteiger partial charge in [0.2, 0.25) is 70.9 Å². The number of hydrogen-bond acceptors (Lipinski definition) is 13. The zero-order valence-electron chi connectivity index (χ0n) is 65.7. The number of morpholine rings is 1. The van der Waals surface area contributed by atoms with Crippen molar-refractivity contribution in [2.24, 2.45) is 47.3 Å². The molecule has 12 amide bonds. The van der Waals surface area contributed by atoms with Crippen LogP contribution in [0.1, 0.15) is 201 Å². The van der Waals surface area contributed by atoms with E-state index in [0.29, 0.717) is 64.2 Å². The van der Waals surface area contributed by atoms with Crippen molar-refractivity contribution in [2.45, 2.75) is 267 Å². The molecule has 0 radical (unpaired) electrons. The van der Waals surface area contributed by atoms with E-state index in [1.165, 1.54) is 71.7 Å². The van der Waals surface area contributed by atoms with Crippen LogP contribution in [-0.4, -0.2) is 282 Å². The summed E-state index contributed by atoms with van der Waals surface area (Å²) in [6.07, 6.45) is -2.86. The Bertz CT molecular complexity index is 3190. The van der Waals surface area contributed by atoms with E-state index in [9.17, 15) is 45.5 Å². The minimum atomic E-state index is -4.56. The second-order valence-corrected chi connectivity index (χ2v) is 33.9. The van der Waals surface area contributed by atoms with Crippen LogP contribution in [0.2, 0.25) is 0 Å². The molecule has 5 aliphatic carbocycles. The number of ether oxygens (including phenoxy) is 1. The summed E-state index contributed by atoms with van der Waals surface area (Å²) in [6.45, 7) is 5.88. The first kappa shape index (κ1) is 88.0. The van der Waals surface area contributed by atoms with E-state index in [2.05, 4.69) is 16.0 Å². The molecule has 1 spiro atoms. The Hall–Kier alpha value is -6.53. The molecule has 0 aromatic rings. The number of nitrogens with zero attached hydrogens (tertiary/aromatic N) is 9. The smallest absolute Gasteiger partial charge is 0.378 e. The predicted octanol–water partition coefficient (Wildman–Crippen LogP) is 7.29. The summed E-state index contributed by atoms with van der Waals surface area (Å²) in [5.41, 5.74) is -1.61. The van der Waals surface area contributed by atoms with E-state index >= 15 is 38.4 Å². The van der Waals surface area contributed by atoms with Crippen molar-refractivity contribution in [3.63, 3.8) is 0 Å². The predicted molar refractivity (Wildman–Crippen MR) is 393 cm³/mol. The van der Waals surface area contributed by atoms with Crippen molar-refractivity contribution < 1.29 is 88.6 Å². The summed E-state index contributed by atoms with van der Waals surface area (Å²) >= 11 is 6.43. The number of halogens is 7. The van der Waals surface area contributed by atoms with Crippen molar-refractivity contribution in [1.82, 2.24) is 60.0 Å². The van der Waals surface area contributed by atoms with Gasteiger partial charge in [0, 0.05) is 73.8 Å². The number of nitrogens with one attached hydrogen (secondary N) is 3. The van der Waals surface area contributed by atoms with Crippen molar-refractivity contribution in [3.05, 3.63) is 0 Å². The molecule has 0 aromatic carbocycles. The Labute approximate surface area is 643 Å². The van der Waals surface area contributed by atoms with Crippen molar-refractivity contribution >= 4 is 82.5 Å². The Balaban J connectivity index is 1.19. The van der Waals surface area contributed by atoms with Crippen LogP contribution in [0.15, 0.2) is 0 Å². The molecular formula is C77H121ClF6N12O13.